The lowest BCUT2D eigenvalue weighted by Gasteiger charge is -2.34. The van der Waals surface area contributed by atoms with E-state index in [1.807, 2.05) is 18.2 Å². The molecular formula is C18H25N5O2. The van der Waals surface area contributed by atoms with Crippen molar-refractivity contribution in [2.24, 2.45) is 0 Å². The highest BCUT2D eigenvalue weighted by Gasteiger charge is 2.23. The van der Waals surface area contributed by atoms with Crippen LogP contribution >= 0.6 is 0 Å². The second-order valence-electron chi connectivity index (χ2n) is 6.08. The van der Waals surface area contributed by atoms with E-state index in [2.05, 4.69) is 32.3 Å². The summed E-state index contributed by atoms with van der Waals surface area (Å²) in [5.41, 5.74) is 0.777. The monoisotopic (exact) mass is 343 g/mol. The Morgan fingerprint density at radius 2 is 2.12 bits per heavy atom. The molecule has 1 fully saturated rings. The van der Waals surface area contributed by atoms with Gasteiger partial charge in [0.25, 0.3) is 0 Å². The van der Waals surface area contributed by atoms with Gasteiger partial charge < -0.3 is 19.7 Å². The highest BCUT2D eigenvalue weighted by Crippen LogP contribution is 2.31. The average Bonchev–Trinajstić information content (AvgIpc) is 2.68. The minimum Gasteiger partial charge on any atom is -0.497 e. The number of methoxy groups -OCH3 is 2. The van der Waals surface area contributed by atoms with E-state index in [0.29, 0.717) is 23.6 Å². The maximum Gasteiger partial charge on any atom is 0.247 e. The van der Waals surface area contributed by atoms with Crippen LogP contribution in [-0.4, -0.2) is 42.0 Å². The molecule has 7 nitrogen and oxygen atoms in total. The van der Waals surface area contributed by atoms with Gasteiger partial charge in [-0.1, -0.05) is 6.92 Å². The number of rotatable bonds is 6. The van der Waals surface area contributed by atoms with Crippen molar-refractivity contribution in [3.63, 3.8) is 0 Å². The van der Waals surface area contributed by atoms with Crippen LogP contribution in [0.4, 0.5) is 17.5 Å². The first-order chi connectivity index (χ1) is 12.2. The van der Waals surface area contributed by atoms with Crippen molar-refractivity contribution in [3.8, 4) is 11.5 Å². The van der Waals surface area contributed by atoms with Gasteiger partial charge in [0.05, 0.1) is 26.1 Å². The van der Waals surface area contributed by atoms with Crippen LogP contribution in [0.15, 0.2) is 24.4 Å². The van der Waals surface area contributed by atoms with Gasteiger partial charge in [-0.05, 0) is 37.8 Å². The normalized spacial score (nSPS) is 17.2. The number of anilines is 3. The fourth-order valence-corrected chi connectivity index (χ4v) is 3.21. The summed E-state index contributed by atoms with van der Waals surface area (Å²) in [5.74, 6) is 2.77. The van der Waals surface area contributed by atoms with Crippen molar-refractivity contribution >= 4 is 17.5 Å². The molecule has 0 aliphatic carbocycles. The molecule has 7 heteroatoms. The number of piperidine rings is 1. The lowest BCUT2D eigenvalue weighted by atomic mass is 10.0. The molecule has 134 valence electrons. The van der Waals surface area contributed by atoms with Crippen LogP contribution in [0.3, 0.4) is 0 Å². The van der Waals surface area contributed by atoms with Gasteiger partial charge in [0.15, 0.2) is 5.82 Å². The van der Waals surface area contributed by atoms with Crippen LogP contribution in [0, 0.1) is 0 Å². The molecule has 0 saturated carbocycles. The number of hydrogen-bond acceptors (Lipinski definition) is 7. The molecule has 1 aliphatic rings. The summed E-state index contributed by atoms with van der Waals surface area (Å²) >= 11 is 0. The molecule has 3 rings (SSSR count). The smallest absolute Gasteiger partial charge is 0.247 e. The topological polar surface area (TPSA) is 72.4 Å². The summed E-state index contributed by atoms with van der Waals surface area (Å²) in [5, 5.41) is 11.6. The first kappa shape index (κ1) is 17.3. The molecule has 0 spiro atoms. The zero-order valence-electron chi connectivity index (χ0n) is 15.0. The van der Waals surface area contributed by atoms with Gasteiger partial charge in [0.2, 0.25) is 5.95 Å². The van der Waals surface area contributed by atoms with Crippen LogP contribution in [0.1, 0.15) is 32.6 Å². The second-order valence-corrected chi connectivity index (χ2v) is 6.08. The predicted molar refractivity (Wildman–Crippen MR) is 97.9 cm³/mol. The molecule has 25 heavy (non-hydrogen) atoms. The highest BCUT2D eigenvalue weighted by molar-refractivity contribution is 5.66. The van der Waals surface area contributed by atoms with E-state index in [-0.39, 0.29) is 0 Å². The first-order valence-corrected chi connectivity index (χ1v) is 8.70. The molecule has 1 saturated heterocycles. The molecule has 1 aromatic carbocycles. The highest BCUT2D eigenvalue weighted by atomic mass is 16.5. The molecule has 1 N–H and O–H groups in total. The summed E-state index contributed by atoms with van der Waals surface area (Å²) in [7, 11) is 3.27. The number of benzene rings is 1. The van der Waals surface area contributed by atoms with Crippen molar-refractivity contribution in [2.75, 3.05) is 31.0 Å². The van der Waals surface area contributed by atoms with Crippen LogP contribution in [0.5, 0.6) is 11.5 Å². The zero-order chi connectivity index (χ0) is 17.6. The molecule has 1 aromatic heterocycles. The molecule has 1 unspecified atom stereocenters. The number of hydrogen-bond donors (Lipinski definition) is 1. The Bertz CT molecular complexity index is 710. The Morgan fingerprint density at radius 1 is 1.24 bits per heavy atom. The molecule has 0 bridgehead atoms. The Hall–Kier alpha value is -2.57. The van der Waals surface area contributed by atoms with Gasteiger partial charge in [-0.2, -0.15) is 10.1 Å². The van der Waals surface area contributed by atoms with E-state index < -0.39 is 0 Å². The third-order valence-electron chi connectivity index (χ3n) is 4.57. The Balaban J connectivity index is 1.85. The van der Waals surface area contributed by atoms with Gasteiger partial charge in [0.1, 0.15) is 11.5 Å². The van der Waals surface area contributed by atoms with Gasteiger partial charge in [-0.25, -0.2) is 0 Å². The van der Waals surface area contributed by atoms with Crippen LogP contribution in [-0.2, 0) is 0 Å². The quantitative estimate of drug-likeness (QED) is 0.861. The van der Waals surface area contributed by atoms with E-state index in [1.165, 1.54) is 19.3 Å². The van der Waals surface area contributed by atoms with Crippen molar-refractivity contribution in [3.05, 3.63) is 24.4 Å². The van der Waals surface area contributed by atoms with E-state index in [1.54, 1.807) is 20.4 Å². The lowest BCUT2D eigenvalue weighted by Crippen LogP contribution is -2.40. The van der Waals surface area contributed by atoms with Crippen molar-refractivity contribution in [2.45, 2.75) is 38.6 Å². The van der Waals surface area contributed by atoms with Gasteiger partial charge >= 0.3 is 0 Å². The van der Waals surface area contributed by atoms with Gasteiger partial charge in [-0.15, -0.1) is 5.10 Å². The van der Waals surface area contributed by atoms with Crippen molar-refractivity contribution in [1.29, 1.82) is 0 Å². The van der Waals surface area contributed by atoms with Gasteiger partial charge in [0, 0.05) is 18.7 Å². The molecule has 2 aromatic rings. The van der Waals surface area contributed by atoms with Gasteiger partial charge in [-0.3, -0.25) is 0 Å². The summed E-state index contributed by atoms with van der Waals surface area (Å²) < 4.78 is 10.7. The van der Waals surface area contributed by atoms with E-state index in [0.717, 1.165) is 24.4 Å². The van der Waals surface area contributed by atoms with E-state index >= 15 is 0 Å². The lowest BCUT2D eigenvalue weighted by molar-refractivity contribution is 0.405. The maximum absolute atomic E-state index is 5.41. The van der Waals surface area contributed by atoms with Crippen LogP contribution in [0.25, 0.3) is 0 Å². The van der Waals surface area contributed by atoms with Crippen LogP contribution in [0.2, 0.25) is 0 Å². The summed E-state index contributed by atoms with van der Waals surface area (Å²) in [6.45, 7) is 3.19. The third kappa shape index (κ3) is 3.92. The first-order valence-electron chi connectivity index (χ1n) is 8.70. The van der Waals surface area contributed by atoms with E-state index in [9.17, 15) is 0 Å². The third-order valence-corrected chi connectivity index (χ3v) is 4.57. The minimum absolute atomic E-state index is 0.483. The number of nitrogens with one attached hydrogen (secondary N) is 1. The van der Waals surface area contributed by atoms with Crippen molar-refractivity contribution < 1.29 is 9.47 Å². The SMILES string of the molecule is CCC1CCCCN1c1nncc(Nc2cc(OC)ccc2OC)n1. The molecule has 0 amide bonds. The molecule has 1 aliphatic heterocycles. The number of aromatic nitrogens is 3. The summed E-state index contributed by atoms with van der Waals surface area (Å²) in [6.07, 6.45) is 6.32. The Morgan fingerprint density at radius 3 is 2.88 bits per heavy atom. The maximum atomic E-state index is 5.41. The average molecular weight is 343 g/mol. The van der Waals surface area contributed by atoms with Crippen molar-refractivity contribution in [1.82, 2.24) is 15.2 Å². The summed E-state index contributed by atoms with van der Waals surface area (Å²) in [4.78, 5) is 6.93. The minimum atomic E-state index is 0.483. The Labute approximate surface area is 148 Å². The largest absolute Gasteiger partial charge is 0.497 e. The number of nitrogens with zero attached hydrogens (tertiary/aromatic N) is 4. The number of ether oxygens (including phenoxy) is 2. The predicted octanol–water partition coefficient (Wildman–Crippen LogP) is 3.40. The second kappa shape index (κ2) is 8.00. The molecule has 0 radical (unpaired) electrons. The zero-order valence-corrected chi connectivity index (χ0v) is 15.0. The standard InChI is InChI=1S/C18H25N5O2/c1-4-13-7-5-6-10-23(13)18-21-17(12-19-22-18)20-15-11-14(24-2)8-9-16(15)25-3/h8-9,11-13H,4-7,10H2,1-3H3,(H,20,21,22). The molecule has 2 heterocycles. The Kier molecular flexibility index (Phi) is 5.53. The molecular weight excluding hydrogens is 318 g/mol. The van der Waals surface area contributed by atoms with Crippen LogP contribution < -0.4 is 19.7 Å². The fraction of sp³-hybridized carbons (Fsp3) is 0.500. The molecule has 1 atom stereocenters. The summed E-state index contributed by atoms with van der Waals surface area (Å²) in [6, 6.07) is 6.06. The van der Waals surface area contributed by atoms with E-state index in [4.69, 9.17) is 9.47 Å². The fourth-order valence-electron chi connectivity index (χ4n) is 3.21.